The number of ether oxygens (including phenoxy) is 2. The lowest BCUT2D eigenvalue weighted by molar-refractivity contribution is -0.139. The molecule has 0 aromatic heterocycles. The molecule has 0 radical (unpaired) electrons. The van der Waals surface area contributed by atoms with Crippen LogP contribution in [-0.2, 0) is 14.3 Å². The van der Waals surface area contributed by atoms with Crippen LogP contribution < -0.4 is 5.73 Å². The van der Waals surface area contributed by atoms with Crippen LogP contribution in [0.5, 0.6) is 0 Å². The number of hydrogen-bond acceptors (Lipinski definition) is 5. The Hall–Kier alpha value is -2.16. The molecule has 0 aliphatic carbocycles. The minimum absolute atomic E-state index is 0.0185. The molecule has 1 atom stereocenters. The van der Waals surface area contributed by atoms with Crippen molar-refractivity contribution in [3.05, 3.63) is 56.6 Å². The molecule has 25 heavy (non-hydrogen) atoms. The zero-order valence-corrected chi connectivity index (χ0v) is 15.4. The molecule has 1 aromatic rings. The third-order valence-electron chi connectivity index (χ3n) is 3.75. The summed E-state index contributed by atoms with van der Waals surface area (Å²) in [6.45, 7) is 3.87. The molecular formula is C18H18Cl2N2O3. The van der Waals surface area contributed by atoms with Gasteiger partial charge in [0.2, 0.25) is 5.88 Å². The number of allylic oxidation sites excluding steroid dienone is 2. The summed E-state index contributed by atoms with van der Waals surface area (Å²) in [6, 6.07) is 6.98. The monoisotopic (exact) mass is 380 g/mol. The van der Waals surface area contributed by atoms with Crippen LogP contribution >= 0.6 is 23.2 Å². The van der Waals surface area contributed by atoms with Gasteiger partial charge >= 0.3 is 5.97 Å². The van der Waals surface area contributed by atoms with E-state index in [1.165, 1.54) is 0 Å². The molecule has 0 amide bonds. The van der Waals surface area contributed by atoms with Gasteiger partial charge in [-0.05, 0) is 31.0 Å². The lowest BCUT2D eigenvalue weighted by atomic mass is 9.82. The zero-order chi connectivity index (χ0) is 18.6. The Bertz CT molecular complexity index is 794. The van der Waals surface area contributed by atoms with Crippen molar-refractivity contribution in [3.8, 4) is 6.07 Å². The van der Waals surface area contributed by atoms with Gasteiger partial charge in [0.15, 0.2) is 0 Å². The predicted octanol–water partition coefficient (Wildman–Crippen LogP) is 4.42. The quantitative estimate of drug-likeness (QED) is 0.764. The maximum Gasteiger partial charge on any atom is 0.338 e. The first-order chi connectivity index (χ1) is 11.9. The molecule has 1 aliphatic rings. The van der Waals surface area contributed by atoms with Gasteiger partial charge in [-0.3, -0.25) is 0 Å². The van der Waals surface area contributed by atoms with Gasteiger partial charge in [-0.15, -0.1) is 0 Å². The standard InChI is InChI=1S/C18H18Cl2N2O3/c1-3-5-14-16(18(23)24-4-2)15(11(9-21)17(22)25-14)10-6-7-12(19)13(20)8-10/h6-8,15H,3-5,22H2,1-2H3. The lowest BCUT2D eigenvalue weighted by Gasteiger charge is -2.28. The third kappa shape index (κ3) is 3.92. The van der Waals surface area contributed by atoms with E-state index in [9.17, 15) is 10.1 Å². The molecule has 1 unspecified atom stereocenters. The van der Waals surface area contributed by atoms with Crippen molar-refractivity contribution < 1.29 is 14.3 Å². The fourth-order valence-corrected chi connectivity index (χ4v) is 3.00. The number of carbonyl (C=O) groups is 1. The summed E-state index contributed by atoms with van der Waals surface area (Å²) < 4.78 is 10.8. The highest BCUT2D eigenvalue weighted by atomic mass is 35.5. The van der Waals surface area contributed by atoms with Crippen molar-refractivity contribution in [3.63, 3.8) is 0 Å². The summed E-state index contributed by atoms with van der Waals surface area (Å²) in [6.07, 6.45) is 1.23. The molecule has 0 bridgehead atoms. The van der Waals surface area contributed by atoms with E-state index in [2.05, 4.69) is 0 Å². The van der Waals surface area contributed by atoms with Crippen LogP contribution in [-0.4, -0.2) is 12.6 Å². The zero-order valence-electron chi connectivity index (χ0n) is 13.9. The Balaban J connectivity index is 2.68. The highest BCUT2D eigenvalue weighted by Crippen LogP contribution is 2.42. The lowest BCUT2D eigenvalue weighted by Crippen LogP contribution is -2.26. The maximum absolute atomic E-state index is 12.6. The van der Waals surface area contributed by atoms with Crippen molar-refractivity contribution in [2.45, 2.75) is 32.6 Å². The maximum atomic E-state index is 12.6. The van der Waals surface area contributed by atoms with E-state index >= 15 is 0 Å². The van der Waals surface area contributed by atoms with Crippen LogP contribution in [0, 0.1) is 11.3 Å². The SMILES string of the molecule is CCCC1=C(C(=O)OCC)C(c2ccc(Cl)c(Cl)c2)C(C#N)=C(N)O1. The van der Waals surface area contributed by atoms with Gasteiger partial charge in [0.05, 0.1) is 28.1 Å². The van der Waals surface area contributed by atoms with Gasteiger partial charge < -0.3 is 15.2 Å². The molecule has 5 nitrogen and oxygen atoms in total. The molecule has 0 spiro atoms. The summed E-state index contributed by atoms with van der Waals surface area (Å²) >= 11 is 12.1. The molecule has 0 saturated heterocycles. The van der Waals surface area contributed by atoms with Crippen molar-refractivity contribution in [2.75, 3.05) is 6.61 Å². The smallest absolute Gasteiger partial charge is 0.338 e. The fourth-order valence-electron chi connectivity index (χ4n) is 2.69. The van der Waals surface area contributed by atoms with Gasteiger partial charge in [-0.25, -0.2) is 4.79 Å². The van der Waals surface area contributed by atoms with Crippen molar-refractivity contribution in [1.29, 1.82) is 5.26 Å². The summed E-state index contributed by atoms with van der Waals surface area (Å²) in [5.74, 6) is -0.861. The molecule has 1 aliphatic heterocycles. The highest BCUT2D eigenvalue weighted by Gasteiger charge is 2.37. The van der Waals surface area contributed by atoms with E-state index in [1.807, 2.05) is 13.0 Å². The van der Waals surface area contributed by atoms with Gasteiger partial charge in [-0.1, -0.05) is 36.2 Å². The molecule has 2 N–H and O–H groups in total. The summed E-state index contributed by atoms with van der Waals surface area (Å²) in [7, 11) is 0. The van der Waals surface area contributed by atoms with Crippen molar-refractivity contribution in [1.82, 2.24) is 0 Å². The number of hydrogen-bond donors (Lipinski definition) is 1. The van der Waals surface area contributed by atoms with Crippen LogP contribution in [0.15, 0.2) is 41.0 Å². The largest absolute Gasteiger partial charge is 0.463 e. The fraction of sp³-hybridized carbons (Fsp3) is 0.333. The minimum Gasteiger partial charge on any atom is -0.463 e. The topological polar surface area (TPSA) is 85.3 Å². The number of nitrogens with zero attached hydrogens (tertiary/aromatic N) is 1. The third-order valence-corrected chi connectivity index (χ3v) is 4.49. The second-order valence-electron chi connectivity index (χ2n) is 5.41. The average Bonchev–Trinajstić information content (AvgIpc) is 2.57. The van der Waals surface area contributed by atoms with E-state index in [-0.39, 0.29) is 23.6 Å². The van der Waals surface area contributed by atoms with Crippen LogP contribution in [0.2, 0.25) is 10.0 Å². The number of esters is 1. The number of rotatable bonds is 5. The van der Waals surface area contributed by atoms with Crippen molar-refractivity contribution >= 4 is 29.2 Å². The molecular weight excluding hydrogens is 363 g/mol. The van der Waals surface area contributed by atoms with E-state index in [4.69, 9.17) is 38.4 Å². The summed E-state index contributed by atoms with van der Waals surface area (Å²) in [4.78, 5) is 12.6. The summed E-state index contributed by atoms with van der Waals surface area (Å²) in [5, 5.41) is 10.3. The first-order valence-corrected chi connectivity index (χ1v) is 8.62. The van der Waals surface area contributed by atoms with Gasteiger partial charge in [0.25, 0.3) is 0 Å². The van der Waals surface area contributed by atoms with E-state index in [0.717, 1.165) is 6.42 Å². The Labute approximate surface area is 156 Å². The van der Waals surface area contributed by atoms with E-state index in [0.29, 0.717) is 27.8 Å². The van der Waals surface area contributed by atoms with Crippen LogP contribution in [0.4, 0.5) is 0 Å². The highest BCUT2D eigenvalue weighted by molar-refractivity contribution is 6.42. The second kappa shape index (κ2) is 8.28. The molecule has 1 aromatic carbocycles. The number of carbonyl (C=O) groups excluding carboxylic acids is 1. The number of nitriles is 1. The Morgan fingerprint density at radius 1 is 1.36 bits per heavy atom. The van der Waals surface area contributed by atoms with Gasteiger partial charge in [0, 0.05) is 6.42 Å². The van der Waals surface area contributed by atoms with Crippen LogP contribution in [0.1, 0.15) is 38.2 Å². The van der Waals surface area contributed by atoms with Crippen molar-refractivity contribution in [2.24, 2.45) is 5.73 Å². The number of halogens is 2. The molecule has 0 saturated carbocycles. The normalized spacial score (nSPS) is 17.2. The minimum atomic E-state index is -0.714. The number of benzene rings is 1. The first kappa shape index (κ1) is 19.2. The second-order valence-corrected chi connectivity index (χ2v) is 6.22. The average molecular weight is 381 g/mol. The van der Waals surface area contributed by atoms with Gasteiger partial charge in [-0.2, -0.15) is 5.26 Å². The van der Waals surface area contributed by atoms with Gasteiger partial charge in [0.1, 0.15) is 17.4 Å². The number of nitrogens with two attached hydrogens (primary N) is 1. The predicted molar refractivity (Wildman–Crippen MR) is 95.7 cm³/mol. The molecule has 1 heterocycles. The Morgan fingerprint density at radius 3 is 2.64 bits per heavy atom. The van der Waals surface area contributed by atoms with Crippen LogP contribution in [0.25, 0.3) is 0 Å². The molecule has 132 valence electrons. The van der Waals surface area contributed by atoms with E-state index < -0.39 is 11.9 Å². The Kier molecular flexibility index (Phi) is 6.35. The molecule has 7 heteroatoms. The molecule has 2 rings (SSSR count). The van der Waals surface area contributed by atoms with E-state index in [1.54, 1.807) is 25.1 Å². The molecule has 0 fully saturated rings. The first-order valence-electron chi connectivity index (χ1n) is 7.87. The van der Waals surface area contributed by atoms with Crippen LogP contribution in [0.3, 0.4) is 0 Å². The summed E-state index contributed by atoms with van der Waals surface area (Å²) in [5.41, 5.74) is 6.96. The Morgan fingerprint density at radius 2 is 2.08 bits per heavy atom.